The lowest BCUT2D eigenvalue weighted by Gasteiger charge is -2.22. The van der Waals surface area contributed by atoms with Crippen LogP contribution in [-0.4, -0.2) is 36.3 Å². The van der Waals surface area contributed by atoms with E-state index in [2.05, 4.69) is 5.32 Å². The first-order valence-electron chi connectivity index (χ1n) is 8.44. The van der Waals surface area contributed by atoms with Crippen LogP contribution in [0.2, 0.25) is 0 Å². The van der Waals surface area contributed by atoms with Gasteiger partial charge in [-0.1, -0.05) is 30.3 Å². The van der Waals surface area contributed by atoms with Crippen LogP contribution in [0.3, 0.4) is 0 Å². The Morgan fingerprint density at radius 2 is 1.81 bits per heavy atom. The second kappa shape index (κ2) is 10.8. The number of nitrogens with zero attached hydrogens (tertiary/aromatic N) is 1. The Hall–Kier alpha value is -3.08. The zero-order chi connectivity index (χ0) is 20.3. The Balaban J connectivity index is 2.65. The van der Waals surface area contributed by atoms with Crippen molar-refractivity contribution >= 4 is 18.0 Å². The molecule has 0 fully saturated rings. The second-order valence-corrected chi connectivity index (χ2v) is 6.62. The quantitative estimate of drug-likeness (QED) is 0.421. The van der Waals surface area contributed by atoms with Crippen LogP contribution in [0, 0.1) is 11.3 Å². The highest BCUT2D eigenvalue weighted by Gasteiger charge is 2.28. The van der Waals surface area contributed by atoms with Gasteiger partial charge in [0.25, 0.3) is 0 Å². The minimum Gasteiger partial charge on any atom is -0.463 e. The van der Waals surface area contributed by atoms with E-state index in [1.54, 1.807) is 32.9 Å². The first-order chi connectivity index (χ1) is 12.7. The van der Waals surface area contributed by atoms with Crippen LogP contribution >= 0.6 is 0 Å². The number of hydrogen-bond donors (Lipinski definition) is 1. The summed E-state index contributed by atoms with van der Waals surface area (Å²) in [5.74, 6) is -1.52. The molecule has 1 amide bonds. The van der Waals surface area contributed by atoms with Crippen molar-refractivity contribution in [2.24, 2.45) is 0 Å². The van der Waals surface area contributed by atoms with Gasteiger partial charge in [0.2, 0.25) is 0 Å². The zero-order valence-corrected chi connectivity index (χ0v) is 15.7. The lowest BCUT2D eigenvalue weighted by Crippen LogP contribution is -2.45. The highest BCUT2D eigenvalue weighted by atomic mass is 16.6. The summed E-state index contributed by atoms with van der Waals surface area (Å²) < 4.78 is 15.1. The molecule has 0 spiro atoms. The monoisotopic (exact) mass is 376 g/mol. The number of amides is 1. The number of ether oxygens (including phenoxy) is 3. The summed E-state index contributed by atoms with van der Waals surface area (Å²) in [5, 5.41) is 10.8. The van der Waals surface area contributed by atoms with E-state index in [4.69, 9.17) is 19.5 Å². The van der Waals surface area contributed by atoms with Crippen LogP contribution in [0.4, 0.5) is 4.79 Å². The van der Waals surface area contributed by atoms with E-state index in [9.17, 15) is 14.4 Å². The van der Waals surface area contributed by atoms with Crippen molar-refractivity contribution in [2.75, 3.05) is 6.61 Å². The van der Waals surface area contributed by atoms with E-state index in [0.717, 1.165) is 5.56 Å². The van der Waals surface area contributed by atoms with E-state index in [1.165, 1.54) is 0 Å². The van der Waals surface area contributed by atoms with Crippen molar-refractivity contribution in [1.82, 2.24) is 5.32 Å². The highest BCUT2D eigenvalue weighted by molar-refractivity contribution is 5.86. The molecule has 0 unspecified atom stereocenters. The highest BCUT2D eigenvalue weighted by Crippen LogP contribution is 2.09. The fourth-order valence-corrected chi connectivity index (χ4v) is 1.90. The molecule has 146 valence electrons. The molecular formula is C19H24N2O6. The minimum atomic E-state index is -1.28. The smallest absolute Gasteiger partial charge is 0.408 e. The Morgan fingerprint density at radius 1 is 1.15 bits per heavy atom. The van der Waals surface area contributed by atoms with Gasteiger partial charge in [0.15, 0.2) is 0 Å². The minimum absolute atomic E-state index is 0.00332. The third-order valence-corrected chi connectivity index (χ3v) is 3.05. The molecule has 1 aromatic carbocycles. The van der Waals surface area contributed by atoms with Gasteiger partial charge in [-0.15, -0.1) is 0 Å². The van der Waals surface area contributed by atoms with E-state index in [1.807, 2.05) is 24.3 Å². The van der Waals surface area contributed by atoms with Crippen molar-refractivity contribution < 1.29 is 28.6 Å². The molecule has 0 aliphatic heterocycles. The zero-order valence-electron chi connectivity index (χ0n) is 15.7. The Bertz CT molecular complexity index is 676. The molecule has 1 atom stereocenters. The Morgan fingerprint density at radius 3 is 2.41 bits per heavy atom. The van der Waals surface area contributed by atoms with Crippen molar-refractivity contribution in [3.8, 4) is 6.07 Å². The van der Waals surface area contributed by atoms with Gasteiger partial charge in [-0.3, -0.25) is 4.79 Å². The predicted molar refractivity (Wildman–Crippen MR) is 95.2 cm³/mol. The fraction of sp³-hybridized carbons (Fsp3) is 0.474. The summed E-state index contributed by atoms with van der Waals surface area (Å²) in [6, 6.07) is 9.59. The van der Waals surface area contributed by atoms with Gasteiger partial charge in [-0.05, 0) is 26.3 Å². The maximum Gasteiger partial charge on any atom is 0.408 e. The van der Waals surface area contributed by atoms with Gasteiger partial charge in [-0.25, -0.2) is 9.59 Å². The summed E-state index contributed by atoms with van der Waals surface area (Å²) in [6.07, 6.45) is -1.28. The van der Waals surface area contributed by atoms with E-state index < -0.39 is 36.1 Å². The molecule has 27 heavy (non-hydrogen) atoms. The van der Waals surface area contributed by atoms with Crippen molar-refractivity contribution in [3.05, 3.63) is 35.9 Å². The first-order valence-corrected chi connectivity index (χ1v) is 8.44. The van der Waals surface area contributed by atoms with Gasteiger partial charge in [0.1, 0.15) is 24.9 Å². The lowest BCUT2D eigenvalue weighted by molar-refractivity contribution is -0.153. The largest absolute Gasteiger partial charge is 0.463 e. The number of nitrogens with one attached hydrogen (secondary N) is 1. The normalized spacial score (nSPS) is 11.6. The molecule has 1 N–H and O–H groups in total. The topological polar surface area (TPSA) is 115 Å². The molecule has 0 radical (unpaired) electrons. The Labute approximate surface area is 158 Å². The fourth-order valence-electron chi connectivity index (χ4n) is 1.90. The van der Waals surface area contributed by atoms with Crippen molar-refractivity contribution in [1.29, 1.82) is 5.26 Å². The van der Waals surface area contributed by atoms with Gasteiger partial charge in [0, 0.05) is 0 Å². The van der Waals surface area contributed by atoms with Crippen LogP contribution in [0.5, 0.6) is 0 Å². The summed E-state index contributed by atoms with van der Waals surface area (Å²) in [5.41, 5.74) is 0.0202. The van der Waals surface area contributed by atoms with Crippen LogP contribution in [-0.2, 0) is 30.4 Å². The molecular weight excluding hydrogens is 352 g/mol. The van der Waals surface area contributed by atoms with Crippen LogP contribution in [0.1, 0.15) is 39.2 Å². The van der Waals surface area contributed by atoms with E-state index >= 15 is 0 Å². The molecule has 0 bridgehead atoms. The third-order valence-electron chi connectivity index (χ3n) is 3.05. The first kappa shape index (κ1) is 22.0. The molecule has 0 heterocycles. The third kappa shape index (κ3) is 9.84. The lowest BCUT2D eigenvalue weighted by atomic mass is 10.2. The van der Waals surface area contributed by atoms with Crippen LogP contribution < -0.4 is 5.32 Å². The van der Waals surface area contributed by atoms with Crippen molar-refractivity contribution in [3.63, 3.8) is 0 Å². The van der Waals surface area contributed by atoms with Gasteiger partial charge in [-0.2, -0.15) is 5.26 Å². The standard InChI is InChI=1S/C19H24N2O6/c1-19(2,3)27-18(24)21-15(17(23)25-11-7-10-20)12-16(22)26-13-14-8-5-4-6-9-14/h4-6,8-9,15H,7,11-13H2,1-3H3,(H,21,24)/t15-/m0/s1. The summed E-state index contributed by atoms with van der Waals surface area (Å²) in [6.45, 7) is 4.91. The molecule has 1 aromatic rings. The number of benzene rings is 1. The van der Waals surface area contributed by atoms with Crippen molar-refractivity contribution in [2.45, 2.75) is 51.9 Å². The average molecular weight is 376 g/mol. The summed E-state index contributed by atoms with van der Waals surface area (Å²) in [4.78, 5) is 36.1. The molecule has 0 aromatic heterocycles. The second-order valence-electron chi connectivity index (χ2n) is 6.62. The maximum atomic E-state index is 12.1. The summed E-state index contributed by atoms with van der Waals surface area (Å²) in [7, 11) is 0. The number of rotatable bonds is 8. The summed E-state index contributed by atoms with van der Waals surface area (Å²) >= 11 is 0. The number of hydrogen-bond acceptors (Lipinski definition) is 7. The number of carbonyl (C=O) groups is 3. The molecule has 0 aliphatic rings. The molecule has 1 rings (SSSR count). The van der Waals surface area contributed by atoms with Crippen LogP contribution in [0.15, 0.2) is 30.3 Å². The van der Waals surface area contributed by atoms with Crippen LogP contribution in [0.25, 0.3) is 0 Å². The van der Waals surface area contributed by atoms with E-state index in [-0.39, 0.29) is 19.6 Å². The van der Waals surface area contributed by atoms with E-state index in [0.29, 0.717) is 0 Å². The van der Waals surface area contributed by atoms with Gasteiger partial charge in [0.05, 0.1) is 18.9 Å². The average Bonchev–Trinajstić information content (AvgIpc) is 2.59. The number of nitriles is 1. The maximum absolute atomic E-state index is 12.1. The molecule has 8 nitrogen and oxygen atoms in total. The number of alkyl carbamates (subject to hydrolysis) is 1. The molecule has 0 saturated heterocycles. The van der Waals surface area contributed by atoms with Gasteiger partial charge < -0.3 is 19.5 Å². The Kier molecular flexibility index (Phi) is 8.79. The number of esters is 2. The molecule has 0 aliphatic carbocycles. The molecule has 0 saturated carbocycles. The van der Waals surface area contributed by atoms with Gasteiger partial charge >= 0.3 is 18.0 Å². The SMILES string of the molecule is CC(C)(C)OC(=O)N[C@@H](CC(=O)OCc1ccccc1)C(=O)OCCC#N. The molecule has 8 heteroatoms. The number of carbonyl (C=O) groups excluding carboxylic acids is 3. The predicted octanol–water partition coefficient (Wildman–Crippen LogP) is 2.47.